The first kappa shape index (κ1) is 10.8. The number of pyridine rings is 1. The Bertz CT molecular complexity index is 474. The summed E-state index contributed by atoms with van der Waals surface area (Å²) in [6.45, 7) is 0.698. The number of nitrogens with one attached hydrogen (secondary N) is 1. The summed E-state index contributed by atoms with van der Waals surface area (Å²) in [6.07, 6.45) is 3.50. The predicted octanol–water partition coefficient (Wildman–Crippen LogP) is 3.05. The van der Waals surface area contributed by atoms with Crippen LogP contribution in [0.5, 0.6) is 5.75 Å². The number of phenols is 1. The van der Waals surface area contributed by atoms with Crippen molar-refractivity contribution in [1.82, 2.24) is 4.98 Å². The van der Waals surface area contributed by atoms with E-state index in [1.54, 1.807) is 30.6 Å². The molecule has 0 unspecified atom stereocenters. The van der Waals surface area contributed by atoms with Gasteiger partial charge in [0.05, 0.1) is 5.02 Å². The van der Waals surface area contributed by atoms with Gasteiger partial charge in [-0.1, -0.05) is 11.6 Å². The van der Waals surface area contributed by atoms with Crippen molar-refractivity contribution < 1.29 is 5.11 Å². The molecular formula is C12H11ClN2O. The molecule has 0 atom stereocenters. The quantitative estimate of drug-likeness (QED) is 0.803. The van der Waals surface area contributed by atoms with Crippen molar-refractivity contribution in [2.24, 2.45) is 0 Å². The average molecular weight is 235 g/mol. The monoisotopic (exact) mass is 234 g/mol. The highest BCUT2D eigenvalue weighted by Gasteiger charge is 1.99. The molecule has 0 amide bonds. The van der Waals surface area contributed by atoms with Crippen molar-refractivity contribution in [2.75, 3.05) is 5.32 Å². The number of anilines is 1. The molecule has 0 saturated carbocycles. The number of benzene rings is 1. The maximum absolute atomic E-state index is 9.26. The number of aromatic hydroxyl groups is 1. The van der Waals surface area contributed by atoms with Gasteiger partial charge < -0.3 is 10.4 Å². The molecule has 1 heterocycles. The van der Waals surface area contributed by atoms with Gasteiger partial charge in [0.2, 0.25) is 0 Å². The minimum atomic E-state index is 0.0936. The number of phenolic OH excluding ortho intramolecular Hbond substituents is 1. The fraction of sp³-hybridized carbons (Fsp3) is 0.0833. The molecule has 16 heavy (non-hydrogen) atoms. The van der Waals surface area contributed by atoms with E-state index < -0.39 is 0 Å². The molecule has 1 aromatic carbocycles. The van der Waals surface area contributed by atoms with E-state index in [1.807, 2.05) is 12.1 Å². The summed E-state index contributed by atoms with van der Waals surface area (Å²) in [5, 5.41) is 12.8. The van der Waals surface area contributed by atoms with Crippen molar-refractivity contribution >= 4 is 17.3 Å². The van der Waals surface area contributed by atoms with Crippen LogP contribution in [0.15, 0.2) is 42.7 Å². The molecular weight excluding hydrogens is 224 g/mol. The first-order valence-electron chi connectivity index (χ1n) is 4.87. The van der Waals surface area contributed by atoms with E-state index in [2.05, 4.69) is 10.3 Å². The lowest BCUT2D eigenvalue weighted by atomic mass is 10.2. The normalized spacial score (nSPS) is 10.1. The molecule has 4 heteroatoms. The van der Waals surface area contributed by atoms with E-state index in [9.17, 15) is 5.11 Å². The summed E-state index contributed by atoms with van der Waals surface area (Å²) in [5.41, 5.74) is 2.01. The van der Waals surface area contributed by atoms with Crippen LogP contribution >= 0.6 is 11.6 Å². The summed E-state index contributed by atoms with van der Waals surface area (Å²) in [7, 11) is 0. The lowest BCUT2D eigenvalue weighted by Crippen LogP contribution is -1.98. The summed E-state index contributed by atoms with van der Waals surface area (Å²) < 4.78 is 0. The molecule has 0 bridgehead atoms. The second-order valence-corrected chi connectivity index (χ2v) is 3.78. The zero-order valence-electron chi connectivity index (χ0n) is 8.52. The molecule has 2 rings (SSSR count). The fourth-order valence-electron chi connectivity index (χ4n) is 1.32. The van der Waals surface area contributed by atoms with E-state index in [0.29, 0.717) is 11.6 Å². The van der Waals surface area contributed by atoms with Gasteiger partial charge in [0.15, 0.2) is 0 Å². The number of nitrogens with zero attached hydrogens (tertiary/aromatic N) is 1. The number of halogens is 1. The summed E-state index contributed by atoms with van der Waals surface area (Å²) in [6, 6.07) is 8.92. The Morgan fingerprint density at radius 1 is 1.19 bits per heavy atom. The molecule has 0 fully saturated rings. The summed E-state index contributed by atoms with van der Waals surface area (Å²) >= 11 is 5.80. The van der Waals surface area contributed by atoms with Crippen LogP contribution in [0.3, 0.4) is 0 Å². The van der Waals surface area contributed by atoms with Gasteiger partial charge in [-0.2, -0.15) is 0 Å². The largest absolute Gasteiger partial charge is 0.506 e. The maximum atomic E-state index is 9.26. The van der Waals surface area contributed by atoms with E-state index in [-0.39, 0.29) is 5.75 Å². The Labute approximate surface area is 98.7 Å². The van der Waals surface area contributed by atoms with Gasteiger partial charge in [0, 0.05) is 24.6 Å². The third kappa shape index (κ3) is 2.64. The van der Waals surface area contributed by atoms with Gasteiger partial charge in [-0.05, 0) is 35.9 Å². The van der Waals surface area contributed by atoms with Gasteiger partial charge in [-0.3, -0.25) is 4.98 Å². The second-order valence-electron chi connectivity index (χ2n) is 3.38. The number of rotatable bonds is 3. The van der Waals surface area contributed by atoms with Crippen molar-refractivity contribution in [3.8, 4) is 5.75 Å². The Kier molecular flexibility index (Phi) is 3.27. The van der Waals surface area contributed by atoms with Gasteiger partial charge in [-0.25, -0.2) is 0 Å². The molecule has 3 nitrogen and oxygen atoms in total. The van der Waals surface area contributed by atoms with Crippen molar-refractivity contribution in [3.05, 3.63) is 53.3 Å². The van der Waals surface area contributed by atoms with Crippen molar-refractivity contribution in [1.29, 1.82) is 0 Å². The van der Waals surface area contributed by atoms with Crippen LogP contribution in [0.1, 0.15) is 5.56 Å². The van der Waals surface area contributed by atoms with Crippen molar-refractivity contribution in [2.45, 2.75) is 6.54 Å². The van der Waals surface area contributed by atoms with Crippen molar-refractivity contribution in [3.63, 3.8) is 0 Å². The third-order valence-electron chi connectivity index (χ3n) is 2.19. The van der Waals surface area contributed by atoms with Gasteiger partial charge in [0.1, 0.15) is 5.75 Å². The topological polar surface area (TPSA) is 45.1 Å². The van der Waals surface area contributed by atoms with E-state index >= 15 is 0 Å². The standard InChI is InChI=1S/C12H11ClN2O/c13-11-7-10(1-2-12(11)16)15-8-9-3-5-14-6-4-9/h1-7,15-16H,8H2. The lowest BCUT2D eigenvalue weighted by molar-refractivity contribution is 0.475. The molecule has 0 saturated heterocycles. The maximum Gasteiger partial charge on any atom is 0.134 e. The predicted molar refractivity (Wildman–Crippen MR) is 64.7 cm³/mol. The lowest BCUT2D eigenvalue weighted by Gasteiger charge is -2.07. The number of hydrogen-bond acceptors (Lipinski definition) is 3. The van der Waals surface area contributed by atoms with E-state index in [1.165, 1.54) is 0 Å². The van der Waals surface area contributed by atoms with Crippen LogP contribution in [0, 0.1) is 0 Å². The van der Waals surface area contributed by atoms with Crippen LogP contribution in [0.2, 0.25) is 5.02 Å². The summed E-state index contributed by atoms with van der Waals surface area (Å²) in [5.74, 6) is 0.0936. The molecule has 1 aromatic heterocycles. The van der Waals surface area contributed by atoms with Crippen LogP contribution in [0.4, 0.5) is 5.69 Å². The Morgan fingerprint density at radius 3 is 2.62 bits per heavy atom. The molecule has 0 spiro atoms. The highest BCUT2D eigenvalue weighted by atomic mass is 35.5. The zero-order chi connectivity index (χ0) is 11.4. The number of aromatic nitrogens is 1. The zero-order valence-corrected chi connectivity index (χ0v) is 9.28. The molecule has 82 valence electrons. The molecule has 0 aliphatic heterocycles. The Hall–Kier alpha value is -1.74. The van der Waals surface area contributed by atoms with Crippen LogP contribution in [0.25, 0.3) is 0 Å². The van der Waals surface area contributed by atoms with Crippen LogP contribution < -0.4 is 5.32 Å². The first-order valence-corrected chi connectivity index (χ1v) is 5.25. The molecule has 0 aliphatic carbocycles. The summed E-state index contributed by atoms with van der Waals surface area (Å²) in [4.78, 5) is 3.94. The molecule has 2 N–H and O–H groups in total. The van der Waals surface area contributed by atoms with E-state index in [4.69, 9.17) is 11.6 Å². The fourth-order valence-corrected chi connectivity index (χ4v) is 1.50. The molecule has 0 aliphatic rings. The second kappa shape index (κ2) is 4.86. The third-order valence-corrected chi connectivity index (χ3v) is 2.50. The molecule has 2 aromatic rings. The van der Waals surface area contributed by atoms with Crippen LogP contribution in [-0.2, 0) is 6.54 Å². The number of hydrogen-bond donors (Lipinski definition) is 2. The first-order chi connectivity index (χ1) is 7.75. The highest BCUT2D eigenvalue weighted by molar-refractivity contribution is 6.32. The van der Waals surface area contributed by atoms with E-state index in [0.717, 1.165) is 11.3 Å². The minimum Gasteiger partial charge on any atom is -0.506 e. The molecule has 0 radical (unpaired) electrons. The SMILES string of the molecule is Oc1ccc(NCc2ccncc2)cc1Cl. The minimum absolute atomic E-state index is 0.0936. The highest BCUT2D eigenvalue weighted by Crippen LogP contribution is 2.26. The Balaban J connectivity index is 2.03. The smallest absolute Gasteiger partial charge is 0.134 e. The van der Waals surface area contributed by atoms with Gasteiger partial charge >= 0.3 is 0 Å². The van der Waals surface area contributed by atoms with Gasteiger partial charge in [0.25, 0.3) is 0 Å². The van der Waals surface area contributed by atoms with Gasteiger partial charge in [-0.15, -0.1) is 0 Å². The van der Waals surface area contributed by atoms with Crippen LogP contribution in [-0.4, -0.2) is 10.1 Å². The average Bonchev–Trinajstić information content (AvgIpc) is 2.32. The Morgan fingerprint density at radius 2 is 1.94 bits per heavy atom.